The highest BCUT2D eigenvalue weighted by Crippen LogP contribution is 2.26. The zero-order valence-electron chi connectivity index (χ0n) is 15.6. The molecule has 3 aromatic rings. The van der Waals surface area contributed by atoms with Gasteiger partial charge in [-0.1, -0.05) is 41.1 Å². The molecular formula is C22H22N2O3. The van der Waals surface area contributed by atoms with E-state index in [9.17, 15) is 4.79 Å². The Kier molecular flexibility index (Phi) is 4.67. The summed E-state index contributed by atoms with van der Waals surface area (Å²) in [5.41, 5.74) is 5.18. The standard InChI is InChI=1S/C22H22N2O3/c1-3-26-19-9-8-16-10-11-24(14-18(16)12-19)22(25)21-13-20(23-27-21)17-6-4-15(2)5-7-17/h4-9,12-13H,3,10-11,14H2,1-2H3. The summed E-state index contributed by atoms with van der Waals surface area (Å²) in [4.78, 5) is 14.7. The van der Waals surface area contributed by atoms with Gasteiger partial charge in [0.25, 0.3) is 5.91 Å². The monoisotopic (exact) mass is 362 g/mol. The van der Waals surface area contributed by atoms with Crippen molar-refractivity contribution in [1.29, 1.82) is 0 Å². The predicted molar refractivity (Wildman–Crippen MR) is 103 cm³/mol. The van der Waals surface area contributed by atoms with Crippen LogP contribution in [0.25, 0.3) is 11.3 Å². The molecule has 1 aromatic heterocycles. The molecule has 0 fully saturated rings. The van der Waals surface area contributed by atoms with E-state index in [1.807, 2.05) is 50.2 Å². The highest BCUT2D eigenvalue weighted by Gasteiger charge is 2.25. The molecule has 1 aliphatic rings. The first kappa shape index (κ1) is 17.3. The van der Waals surface area contributed by atoms with Crippen molar-refractivity contribution in [2.45, 2.75) is 26.8 Å². The van der Waals surface area contributed by atoms with Crippen LogP contribution < -0.4 is 4.74 Å². The molecule has 0 spiro atoms. The van der Waals surface area contributed by atoms with Crippen LogP contribution in [0.2, 0.25) is 0 Å². The average Bonchev–Trinajstić information content (AvgIpc) is 3.18. The maximum atomic E-state index is 12.9. The smallest absolute Gasteiger partial charge is 0.292 e. The van der Waals surface area contributed by atoms with Gasteiger partial charge < -0.3 is 14.2 Å². The second-order valence-electron chi connectivity index (χ2n) is 6.78. The second-order valence-corrected chi connectivity index (χ2v) is 6.78. The first-order chi connectivity index (χ1) is 13.1. The first-order valence-corrected chi connectivity index (χ1v) is 9.21. The average molecular weight is 362 g/mol. The van der Waals surface area contributed by atoms with Crippen molar-refractivity contribution in [2.24, 2.45) is 0 Å². The minimum atomic E-state index is -0.131. The van der Waals surface area contributed by atoms with E-state index >= 15 is 0 Å². The topological polar surface area (TPSA) is 55.6 Å². The minimum Gasteiger partial charge on any atom is -0.494 e. The Hall–Kier alpha value is -3.08. The third-order valence-electron chi connectivity index (χ3n) is 4.86. The summed E-state index contributed by atoms with van der Waals surface area (Å²) < 4.78 is 10.9. The molecule has 0 radical (unpaired) electrons. The molecule has 0 aliphatic carbocycles. The number of aromatic nitrogens is 1. The van der Waals surface area contributed by atoms with Crippen molar-refractivity contribution in [2.75, 3.05) is 13.2 Å². The van der Waals surface area contributed by atoms with Gasteiger partial charge in [-0.2, -0.15) is 0 Å². The zero-order chi connectivity index (χ0) is 18.8. The van der Waals surface area contributed by atoms with Crippen LogP contribution in [0.5, 0.6) is 5.75 Å². The van der Waals surface area contributed by atoms with Gasteiger partial charge in [-0.3, -0.25) is 4.79 Å². The number of nitrogens with zero attached hydrogens (tertiary/aromatic N) is 2. The molecule has 0 saturated carbocycles. The van der Waals surface area contributed by atoms with Crippen molar-refractivity contribution >= 4 is 5.91 Å². The lowest BCUT2D eigenvalue weighted by molar-refractivity contribution is 0.0692. The van der Waals surface area contributed by atoms with Crippen LogP contribution in [0.3, 0.4) is 0 Å². The number of benzene rings is 2. The summed E-state index contributed by atoms with van der Waals surface area (Å²) in [5, 5.41) is 4.07. The maximum absolute atomic E-state index is 12.9. The molecule has 0 N–H and O–H groups in total. The van der Waals surface area contributed by atoms with E-state index < -0.39 is 0 Å². The summed E-state index contributed by atoms with van der Waals surface area (Å²) in [6.07, 6.45) is 0.826. The van der Waals surface area contributed by atoms with Crippen molar-refractivity contribution in [3.8, 4) is 17.0 Å². The van der Waals surface area contributed by atoms with E-state index in [1.54, 1.807) is 11.0 Å². The summed E-state index contributed by atoms with van der Waals surface area (Å²) in [6.45, 7) is 5.84. The van der Waals surface area contributed by atoms with Gasteiger partial charge in [0.1, 0.15) is 11.4 Å². The molecule has 4 rings (SSSR count). The number of hydrogen-bond donors (Lipinski definition) is 0. The predicted octanol–water partition coefficient (Wildman–Crippen LogP) is 4.25. The van der Waals surface area contributed by atoms with Crippen LogP contribution >= 0.6 is 0 Å². The van der Waals surface area contributed by atoms with Crippen LogP contribution in [0.15, 0.2) is 53.1 Å². The summed E-state index contributed by atoms with van der Waals surface area (Å²) in [7, 11) is 0. The lowest BCUT2D eigenvalue weighted by Crippen LogP contribution is -2.35. The van der Waals surface area contributed by atoms with Gasteiger partial charge in [0, 0.05) is 24.7 Å². The molecule has 2 aromatic carbocycles. The molecule has 1 amide bonds. The zero-order valence-corrected chi connectivity index (χ0v) is 15.6. The molecule has 0 unspecified atom stereocenters. The number of carbonyl (C=O) groups excluding carboxylic acids is 1. The number of ether oxygens (including phenoxy) is 1. The van der Waals surface area contributed by atoms with Gasteiger partial charge in [0.15, 0.2) is 0 Å². The lowest BCUT2D eigenvalue weighted by atomic mass is 9.99. The Balaban J connectivity index is 1.52. The third kappa shape index (κ3) is 3.58. The highest BCUT2D eigenvalue weighted by atomic mass is 16.5. The SMILES string of the molecule is CCOc1ccc2c(c1)CN(C(=O)c1cc(-c3ccc(C)cc3)no1)CC2. The summed E-state index contributed by atoms with van der Waals surface area (Å²) in [6, 6.07) is 15.8. The molecule has 5 heteroatoms. The molecule has 1 aliphatic heterocycles. The number of fused-ring (bicyclic) bond motifs is 1. The van der Waals surface area contributed by atoms with Crippen LogP contribution in [-0.2, 0) is 13.0 Å². The van der Waals surface area contributed by atoms with Gasteiger partial charge in [-0.15, -0.1) is 0 Å². The summed E-state index contributed by atoms with van der Waals surface area (Å²) in [5.74, 6) is 0.982. The van der Waals surface area contributed by atoms with E-state index in [1.165, 1.54) is 11.1 Å². The van der Waals surface area contributed by atoms with E-state index in [-0.39, 0.29) is 11.7 Å². The van der Waals surface area contributed by atoms with Crippen LogP contribution in [0, 0.1) is 6.92 Å². The van der Waals surface area contributed by atoms with E-state index in [4.69, 9.17) is 9.26 Å². The Morgan fingerprint density at radius 2 is 1.96 bits per heavy atom. The van der Waals surface area contributed by atoms with Crippen LogP contribution in [-0.4, -0.2) is 29.1 Å². The molecule has 5 nitrogen and oxygen atoms in total. The fraction of sp³-hybridized carbons (Fsp3) is 0.273. The third-order valence-corrected chi connectivity index (χ3v) is 4.86. The second kappa shape index (κ2) is 7.27. The largest absolute Gasteiger partial charge is 0.494 e. The van der Waals surface area contributed by atoms with Crippen molar-refractivity contribution in [3.63, 3.8) is 0 Å². The van der Waals surface area contributed by atoms with Gasteiger partial charge in [-0.05, 0) is 43.5 Å². The fourth-order valence-corrected chi connectivity index (χ4v) is 3.36. The molecule has 27 heavy (non-hydrogen) atoms. The Labute approximate surface area is 158 Å². The van der Waals surface area contributed by atoms with Gasteiger partial charge in [0.2, 0.25) is 5.76 Å². The normalized spacial score (nSPS) is 13.3. The number of aryl methyl sites for hydroxylation is 1. The minimum absolute atomic E-state index is 0.131. The number of hydrogen-bond acceptors (Lipinski definition) is 4. The van der Waals surface area contributed by atoms with Crippen LogP contribution in [0.1, 0.15) is 34.2 Å². The van der Waals surface area contributed by atoms with E-state index in [0.717, 1.165) is 23.3 Å². The van der Waals surface area contributed by atoms with Gasteiger partial charge in [-0.25, -0.2) is 0 Å². The molecule has 0 bridgehead atoms. The highest BCUT2D eigenvalue weighted by molar-refractivity contribution is 5.92. The first-order valence-electron chi connectivity index (χ1n) is 9.21. The molecule has 0 atom stereocenters. The van der Waals surface area contributed by atoms with Crippen molar-refractivity contribution < 1.29 is 14.1 Å². The lowest BCUT2D eigenvalue weighted by Gasteiger charge is -2.28. The Morgan fingerprint density at radius 1 is 1.15 bits per heavy atom. The molecule has 2 heterocycles. The molecule has 138 valence electrons. The van der Waals surface area contributed by atoms with E-state index in [2.05, 4.69) is 11.2 Å². The fourth-order valence-electron chi connectivity index (χ4n) is 3.36. The Bertz CT molecular complexity index is 960. The van der Waals surface area contributed by atoms with Gasteiger partial charge in [0.05, 0.1) is 6.61 Å². The quantitative estimate of drug-likeness (QED) is 0.696. The van der Waals surface area contributed by atoms with Crippen LogP contribution in [0.4, 0.5) is 0 Å². The summed E-state index contributed by atoms with van der Waals surface area (Å²) >= 11 is 0. The number of amides is 1. The maximum Gasteiger partial charge on any atom is 0.292 e. The van der Waals surface area contributed by atoms with E-state index in [0.29, 0.717) is 25.4 Å². The van der Waals surface area contributed by atoms with Gasteiger partial charge >= 0.3 is 0 Å². The van der Waals surface area contributed by atoms with Crippen molar-refractivity contribution in [3.05, 3.63) is 71.0 Å². The number of rotatable bonds is 4. The molecular weight excluding hydrogens is 340 g/mol. The van der Waals surface area contributed by atoms with Crippen molar-refractivity contribution in [1.82, 2.24) is 10.1 Å². The Morgan fingerprint density at radius 3 is 2.74 bits per heavy atom. The molecule has 0 saturated heterocycles. The number of carbonyl (C=O) groups is 1.